The lowest BCUT2D eigenvalue weighted by atomic mass is 9.89. The van der Waals surface area contributed by atoms with Crippen molar-refractivity contribution < 1.29 is 9.59 Å². The largest absolute Gasteiger partial charge is 0.285 e. The molecule has 0 amide bonds. The summed E-state index contributed by atoms with van der Waals surface area (Å²) < 4.78 is -0.0490. The topological polar surface area (TPSA) is 34.1 Å². The molecule has 1 heterocycles. The Morgan fingerprint density at radius 2 is 1.67 bits per heavy atom. The lowest BCUT2D eigenvalue weighted by molar-refractivity contribution is -0.111. The van der Waals surface area contributed by atoms with Crippen LogP contribution in [0.15, 0.2) is 42.0 Å². The Labute approximate surface area is 110 Å². The molecule has 0 atom stereocenters. The third-order valence-electron chi connectivity index (χ3n) is 3.13. The zero-order valence-electron chi connectivity index (χ0n) is 10.2. The van der Waals surface area contributed by atoms with Gasteiger partial charge in [0, 0.05) is 26.4 Å². The van der Waals surface area contributed by atoms with Crippen LogP contribution in [0.25, 0.3) is 4.91 Å². The van der Waals surface area contributed by atoms with Crippen LogP contribution >= 0.6 is 11.8 Å². The average molecular weight is 256 g/mol. The van der Waals surface area contributed by atoms with Gasteiger partial charge in [-0.1, -0.05) is 36.4 Å². The SMILES string of the molecule is CC1(C)C=CC2=C(S1)c1ccccc1C(=O)C2=O. The molecule has 1 aliphatic carbocycles. The maximum atomic E-state index is 12.1. The lowest BCUT2D eigenvalue weighted by Crippen LogP contribution is -2.26. The van der Waals surface area contributed by atoms with Crippen molar-refractivity contribution in [1.29, 1.82) is 0 Å². The summed E-state index contributed by atoms with van der Waals surface area (Å²) in [5.41, 5.74) is 1.96. The predicted molar refractivity (Wildman–Crippen MR) is 73.5 cm³/mol. The zero-order chi connectivity index (χ0) is 12.9. The van der Waals surface area contributed by atoms with E-state index >= 15 is 0 Å². The monoisotopic (exact) mass is 256 g/mol. The van der Waals surface area contributed by atoms with E-state index in [9.17, 15) is 9.59 Å². The molecule has 1 aromatic rings. The van der Waals surface area contributed by atoms with E-state index in [1.807, 2.05) is 18.2 Å². The Balaban J connectivity index is 2.27. The standard InChI is InChI=1S/C15H12O2S/c1-15(2)8-7-11-13(17)12(16)9-5-3-4-6-10(9)14(11)18-15/h3-8H,1-2H3. The fourth-order valence-electron chi connectivity index (χ4n) is 2.21. The number of hydrogen-bond donors (Lipinski definition) is 0. The molecule has 0 aromatic heterocycles. The summed E-state index contributed by atoms with van der Waals surface area (Å²) in [7, 11) is 0. The second-order valence-corrected chi connectivity index (χ2v) is 6.65. The van der Waals surface area contributed by atoms with Gasteiger partial charge in [0.15, 0.2) is 0 Å². The second kappa shape index (κ2) is 3.69. The van der Waals surface area contributed by atoms with E-state index in [2.05, 4.69) is 13.8 Å². The van der Waals surface area contributed by atoms with Crippen molar-refractivity contribution in [1.82, 2.24) is 0 Å². The first-order valence-corrected chi connectivity index (χ1v) is 6.62. The molecule has 3 rings (SSSR count). The number of carbonyl (C=O) groups excluding carboxylic acids is 2. The summed E-state index contributed by atoms with van der Waals surface area (Å²) in [6.07, 6.45) is 3.78. The number of Topliss-reactive ketones (excluding diaryl/α,β-unsaturated/α-hetero) is 2. The Kier molecular flexibility index (Phi) is 2.35. The minimum Gasteiger partial charge on any atom is -0.285 e. The van der Waals surface area contributed by atoms with Crippen LogP contribution < -0.4 is 0 Å². The first-order chi connectivity index (χ1) is 8.49. The third kappa shape index (κ3) is 1.58. The fraction of sp³-hybridized carbons (Fsp3) is 0.200. The number of ketones is 2. The van der Waals surface area contributed by atoms with E-state index in [-0.39, 0.29) is 10.5 Å². The fourth-order valence-corrected chi connectivity index (χ4v) is 3.44. The molecule has 0 saturated heterocycles. The van der Waals surface area contributed by atoms with Gasteiger partial charge in [0.25, 0.3) is 0 Å². The highest BCUT2D eigenvalue weighted by Crippen LogP contribution is 2.47. The van der Waals surface area contributed by atoms with Crippen LogP contribution in [-0.4, -0.2) is 16.3 Å². The summed E-state index contributed by atoms with van der Waals surface area (Å²) in [5, 5.41) is 0. The van der Waals surface area contributed by atoms with Crippen LogP contribution in [0, 0.1) is 0 Å². The van der Waals surface area contributed by atoms with Crippen molar-refractivity contribution in [2.24, 2.45) is 0 Å². The van der Waals surface area contributed by atoms with Crippen molar-refractivity contribution in [2.45, 2.75) is 18.6 Å². The van der Waals surface area contributed by atoms with Gasteiger partial charge in [-0.15, -0.1) is 11.8 Å². The molecule has 0 spiro atoms. The van der Waals surface area contributed by atoms with Crippen LogP contribution in [0.2, 0.25) is 0 Å². The van der Waals surface area contributed by atoms with Crippen LogP contribution in [0.1, 0.15) is 29.8 Å². The number of rotatable bonds is 0. The first-order valence-electron chi connectivity index (χ1n) is 5.80. The molecule has 0 fully saturated rings. The van der Waals surface area contributed by atoms with Crippen molar-refractivity contribution >= 4 is 28.2 Å². The molecule has 0 radical (unpaired) electrons. The molecule has 18 heavy (non-hydrogen) atoms. The summed E-state index contributed by atoms with van der Waals surface area (Å²) in [5.74, 6) is -0.780. The van der Waals surface area contributed by atoms with Gasteiger partial charge in [0.1, 0.15) is 0 Å². The van der Waals surface area contributed by atoms with Crippen LogP contribution in [-0.2, 0) is 4.79 Å². The van der Waals surface area contributed by atoms with Gasteiger partial charge in [-0.3, -0.25) is 9.59 Å². The summed E-state index contributed by atoms with van der Waals surface area (Å²) >= 11 is 1.64. The van der Waals surface area contributed by atoms with Gasteiger partial charge in [-0.25, -0.2) is 0 Å². The molecule has 0 bridgehead atoms. The van der Waals surface area contributed by atoms with Gasteiger partial charge in [0.05, 0.1) is 0 Å². The molecule has 0 saturated carbocycles. The molecule has 1 aromatic carbocycles. The number of carbonyl (C=O) groups is 2. The quantitative estimate of drug-likeness (QED) is 0.668. The van der Waals surface area contributed by atoms with Gasteiger partial charge in [0.2, 0.25) is 11.6 Å². The summed E-state index contributed by atoms with van der Waals surface area (Å²) in [4.78, 5) is 25.0. The number of thioether (sulfide) groups is 1. The average Bonchev–Trinajstić information content (AvgIpc) is 2.35. The van der Waals surface area contributed by atoms with Crippen molar-refractivity contribution in [3.8, 4) is 0 Å². The Hall–Kier alpha value is -1.61. The van der Waals surface area contributed by atoms with Gasteiger partial charge in [-0.05, 0) is 13.8 Å². The molecular weight excluding hydrogens is 244 g/mol. The van der Waals surface area contributed by atoms with E-state index in [4.69, 9.17) is 0 Å². The molecule has 3 heteroatoms. The third-order valence-corrected chi connectivity index (χ3v) is 4.43. The maximum absolute atomic E-state index is 12.1. The minimum absolute atomic E-state index is 0.0490. The smallest absolute Gasteiger partial charge is 0.234 e. The molecule has 0 N–H and O–H groups in total. The van der Waals surface area contributed by atoms with Gasteiger partial charge < -0.3 is 0 Å². The number of allylic oxidation sites excluding steroid dienone is 2. The Bertz CT molecular complexity index is 636. The van der Waals surface area contributed by atoms with Crippen molar-refractivity contribution in [3.63, 3.8) is 0 Å². The number of fused-ring (bicyclic) bond motifs is 2. The summed E-state index contributed by atoms with van der Waals surface area (Å²) in [6.45, 7) is 4.20. The Morgan fingerprint density at radius 3 is 2.39 bits per heavy atom. The van der Waals surface area contributed by atoms with E-state index in [1.54, 1.807) is 30.0 Å². The highest BCUT2D eigenvalue weighted by Gasteiger charge is 2.36. The highest BCUT2D eigenvalue weighted by molar-refractivity contribution is 8.09. The molecule has 1 aliphatic heterocycles. The number of benzene rings is 1. The molecular formula is C15H12O2S. The molecule has 2 aliphatic rings. The number of hydrogen-bond acceptors (Lipinski definition) is 3. The van der Waals surface area contributed by atoms with Crippen LogP contribution in [0.3, 0.4) is 0 Å². The van der Waals surface area contributed by atoms with Crippen LogP contribution in [0.4, 0.5) is 0 Å². The lowest BCUT2D eigenvalue weighted by Gasteiger charge is -2.30. The molecule has 90 valence electrons. The predicted octanol–water partition coefficient (Wildman–Crippen LogP) is 3.24. The minimum atomic E-state index is -0.394. The second-order valence-electron chi connectivity index (χ2n) is 4.99. The Morgan fingerprint density at radius 1 is 1.00 bits per heavy atom. The first kappa shape index (κ1) is 11.5. The van der Waals surface area contributed by atoms with Gasteiger partial charge >= 0.3 is 0 Å². The van der Waals surface area contributed by atoms with E-state index in [1.165, 1.54) is 0 Å². The van der Waals surface area contributed by atoms with Crippen molar-refractivity contribution in [3.05, 3.63) is 53.1 Å². The van der Waals surface area contributed by atoms with E-state index in [0.29, 0.717) is 11.1 Å². The molecule has 2 nitrogen and oxygen atoms in total. The maximum Gasteiger partial charge on any atom is 0.234 e. The summed E-state index contributed by atoms with van der Waals surface area (Å²) in [6, 6.07) is 7.34. The van der Waals surface area contributed by atoms with Gasteiger partial charge in [-0.2, -0.15) is 0 Å². The van der Waals surface area contributed by atoms with Crippen molar-refractivity contribution in [2.75, 3.05) is 0 Å². The van der Waals surface area contributed by atoms with Crippen LogP contribution in [0.5, 0.6) is 0 Å². The highest BCUT2D eigenvalue weighted by atomic mass is 32.2. The zero-order valence-corrected chi connectivity index (χ0v) is 11.0. The molecule has 0 unspecified atom stereocenters. The normalized spacial score (nSPS) is 20.8. The van der Waals surface area contributed by atoms with E-state index < -0.39 is 5.78 Å². The van der Waals surface area contributed by atoms with E-state index in [0.717, 1.165) is 10.5 Å².